The van der Waals surface area contributed by atoms with Crippen LogP contribution in [0.25, 0.3) is 0 Å². The van der Waals surface area contributed by atoms with Gasteiger partial charge < -0.3 is 10.1 Å². The van der Waals surface area contributed by atoms with Crippen molar-refractivity contribution in [2.45, 2.75) is 31.7 Å². The van der Waals surface area contributed by atoms with Crippen molar-refractivity contribution >= 4 is 6.29 Å². The summed E-state index contributed by atoms with van der Waals surface area (Å²) in [5.74, 6) is -0.0239. The van der Waals surface area contributed by atoms with Gasteiger partial charge in [0, 0.05) is 11.6 Å². The number of halogens is 1. The van der Waals surface area contributed by atoms with Crippen molar-refractivity contribution in [2.75, 3.05) is 0 Å². The second kappa shape index (κ2) is 3.58. The summed E-state index contributed by atoms with van der Waals surface area (Å²) >= 11 is 0. The van der Waals surface area contributed by atoms with Crippen LogP contribution in [0.1, 0.15) is 25.7 Å². The lowest BCUT2D eigenvalue weighted by Gasteiger charge is -2.19. The van der Waals surface area contributed by atoms with Gasteiger partial charge in [0.1, 0.15) is 12.1 Å². The zero-order chi connectivity index (χ0) is 11.1. The molecule has 3 aliphatic rings. The van der Waals surface area contributed by atoms with Crippen molar-refractivity contribution in [3.8, 4) is 0 Å². The fourth-order valence-electron chi connectivity index (χ4n) is 2.85. The maximum atomic E-state index is 13.2. The van der Waals surface area contributed by atoms with Crippen LogP contribution in [0.2, 0.25) is 0 Å². The second-order valence-corrected chi connectivity index (χ2v) is 4.72. The molecule has 0 fully saturated rings. The third-order valence-electron chi connectivity index (χ3n) is 3.70. The Labute approximate surface area is 93.9 Å². The Bertz CT molecular complexity index is 433. The molecule has 0 saturated heterocycles. The average molecular weight is 219 g/mol. The molecular formula is C13H14FNO. The van der Waals surface area contributed by atoms with Gasteiger partial charge in [-0.2, -0.15) is 0 Å². The van der Waals surface area contributed by atoms with Crippen LogP contribution in [0.3, 0.4) is 0 Å². The Hall–Kier alpha value is -1.38. The highest BCUT2D eigenvalue weighted by Gasteiger charge is 2.34. The van der Waals surface area contributed by atoms with Crippen molar-refractivity contribution in [1.82, 2.24) is 5.32 Å². The summed E-state index contributed by atoms with van der Waals surface area (Å²) in [5, 5.41) is 3.44. The van der Waals surface area contributed by atoms with E-state index in [0.29, 0.717) is 0 Å². The fourth-order valence-corrected chi connectivity index (χ4v) is 2.85. The molecule has 84 valence electrons. The molecule has 1 heterocycles. The first-order chi connectivity index (χ1) is 7.78. The van der Waals surface area contributed by atoms with Gasteiger partial charge in [0.25, 0.3) is 0 Å². The van der Waals surface area contributed by atoms with Crippen LogP contribution in [0.4, 0.5) is 4.39 Å². The minimum Gasteiger partial charge on any atom is -0.381 e. The van der Waals surface area contributed by atoms with Crippen LogP contribution in [-0.4, -0.2) is 12.3 Å². The molecular weight excluding hydrogens is 205 g/mol. The molecule has 16 heavy (non-hydrogen) atoms. The molecule has 0 radical (unpaired) electrons. The molecule has 0 saturated carbocycles. The lowest BCUT2D eigenvalue weighted by Crippen LogP contribution is -2.24. The SMILES string of the molecule is O=C[C@@H]1CCC2=C(C1)C1=CC(F)=CC[C@H]1N2. The highest BCUT2D eigenvalue weighted by molar-refractivity contribution is 5.59. The van der Waals surface area contributed by atoms with Crippen LogP contribution >= 0.6 is 0 Å². The van der Waals surface area contributed by atoms with Gasteiger partial charge in [0.05, 0.1) is 6.04 Å². The maximum Gasteiger partial charge on any atom is 0.123 e. The van der Waals surface area contributed by atoms with Crippen LogP contribution in [0.15, 0.2) is 34.8 Å². The van der Waals surface area contributed by atoms with Gasteiger partial charge in [0.15, 0.2) is 0 Å². The molecule has 0 bridgehead atoms. The molecule has 0 aromatic heterocycles. The van der Waals surface area contributed by atoms with E-state index in [1.54, 1.807) is 12.2 Å². The molecule has 1 aliphatic heterocycles. The predicted molar refractivity (Wildman–Crippen MR) is 59.2 cm³/mol. The lowest BCUT2D eigenvalue weighted by atomic mass is 9.84. The van der Waals surface area contributed by atoms with Gasteiger partial charge in [-0.25, -0.2) is 4.39 Å². The normalized spacial score (nSPS) is 32.3. The highest BCUT2D eigenvalue weighted by Crippen LogP contribution is 2.40. The summed E-state index contributed by atoms with van der Waals surface area (Å²) in [6.45, 7) is 0. The zero-order valence-corrected chi connectivity index (χ0v) is 9.00. The van der Waals surface area contributed by atoms with Crippen LogP contribution < -0.4 is 5.32 Å². The van der Waals surface area contributed by atoms with E-state index in [1.165, 1.54) is 11.3 Å². The van der Waals surface area contributed by atoms with Gasteiger partial charge in [-0.05, 0) is 49.0 Å². The largest absolute Gasteiger partial charge is 0.381 e. The molecule has 0 spiro atoms. The van der Waals surface area contributed by atoms with Crippen LogP contribution in [0.5, 0.6) is 0 Å². The Morgan fingerprint density at radius 2 is 2.38 bits per heavy atom. The molecule has 1 N–H and O–H groups in total. The van der Waals surface area contributed by atoms with E-state index in [0.717, 1.165) is 37.5 Å². The average Bonchev–Trinajstić information content (AvgIpc) is 2.66. The Kier molecular flexibility index (Phi) is 2.20. The number of rotatable bonds is 1. The van der Waals surface area contributed by atoms with Gasteiger partial charge >= 0.3 is 0 Å². The Morgan fingerprint density at radius 1 is 1.50 bits per heavy atom. The number of nitrogens with one attached hydrogen (secondary N) is 1. The van der Waals surface area contributed by atoms with E-state index >= 15 is 0 Å². The quantitative estimate of drug-likeness (QED) is 0.686. The number of allylic oxidation sites excluding steroid dienone is 3. The molecule has 2 atom stereocenters. The van der Waals surface area contributed by atoms with Gasteiger partial charge in [-0.3, -0.25) is 0 Å². The van der Waals surface area contributed by atoms with Gasteiger partial charge in [-0.1, -0.05) is 0 Å². The summed E-state index contributed by atoms with van der Waals surface area (Å²) in [5.41, 5.74) is 3.50. The fraction of sp³-hybridized carbons (Fsp3) is 0.462. The molecule has 3 rings (SSSR count). The summed E-state index contributed by atoms with van der Waals surface area (Å²) < 4.78 is 13.2. The van der Waals surface area contributed by atoms with E-state index < -0.39 is 0 Å². The Morgan fingerprint density at radius 3 is 3.19 bits per heavy atom. The summed E-state index contributed by atoms with van der Waals surface area (Å²) in [6, 6.07) is 0.245. The van der Waals surface area contributed by atoms with Gasteiger partial charge in [0.2, 0.25) is 0 Å². The summed E-state index contributed by atoms with van der Waals surface area (Å²) in [7, 11) is 0. The first-order valence-electron chi connectivity index (χ1n) is 5.79. The smallest absolute Gasteiger partial charge is 0.123 e. The van der Waals surface area contributed by atoms with Gasteiger partial charge in [-0.15, -0.1) is 0 Å². The Balaban J connectivity index is 1.94. The molecule has 2 aliphatic carbocycles. The maximum absolute atomic E-state index is 13.2. The summed E-state index contributed by atoms with van der Waals surface area (Å²) in [6.07, 6.45) is 7.62. The molecule has 0 aromatic carbocycles. The van der Waals surface area contributed by atoms with Crippen LogP contribution in [-0.2, 0) is 4.79 Å². The highest BCUT2D eigenvalue weighted by atomic mass is 19.1. The predicted octanol–water partition coefficient (Wildman–Crippen LogP) is 2.39. The molecule has 0 unspecified atom stereocenters. The number of aldehydes is 1. The number of hydrogen-bond acceptors (Lipinski definition) is 2. The second-order valence-electron chi connectivity index (χ2n) is 4.72. The summed E-state index contributed by atoms with van der Waals surface area (Å²) in [4.78, 5) is 10.8. The zero-order valence-electron chi connectivity index (χ0n) is 9.00. The first kappa shape index (κ1) is 9.82. The third kappa shape index (κ3) is 1.42. The van der Waals surface area contributed by atoms with E-state index in [4.69, 9.17) is 0 Å². The molecule has 0 aromatic rings. The number of carbonyl (C=O) groups is 1. The van der Waals surface area contributed by atoms with Crippen molar-refractivity contribution in [3.05, 3.63) is 34.8 Å². The van der Waals surface area contributed by atoms with E-state index in [9.17, 15) is 9.18 Å². The molecule has 2 nitrogen and oxygen atoms in total. The van der Waals surface area contributed by atoms with E-state index in [-0.39, 0.29) is 17.8 Å². The minimum atomic E-state index is -0.143. The van der Waals surface area contributed by atoms with Crippen molar-refractivity contribution in [1.29, 1.82) is 0 Å². The number of carbonyl (C=O) groups excluding carboxylic acids is 1. The molecule has 0 amide bonds. The monoisotopic (exact) mass is 219 g/mol. The van der Waals surface area contributed by atoms with Crippen molar-refractivity contribution in [2.24, 2.45) is 5.92 Å². The van der Waals surface area contributed by atoms with Crippen LogP contribution in [0, 0.1) is 5.92 Å². The first-order valence-corrected chi connectivity index (χ1v) is 5.79. The molecule has 3 heteroatoms. The van der Waals surface area contributed by atoms with Crippen molar-refractivity contribution < 1.29 is 9.18 Å². The van der Waals surface area contributed by atoms with E-state index in [2.05, 4.69) is 5.32 Å². The standard InChI is InChI=1S/C13H14FNO/c14-9-2-4-13-11(6-9)10-5-8(7-16)1-3-12(10)15-13/h2,6-8,13,15H,1,3-5H2/t8-,13-/m1/s1. The van der Waals surface area contributed by atoms with E-state index in [1.807, 2.05) is 0 Å². The third-order valence-corrected chi connectivity index (χ3v) is 3.70. The minimum absolute atomic E-state index is 0.120. The number of hydrogen-bond donors (Lipinski definition) is 1. The van der Waals surface area contributed by atoms with Crippen molar-refractivity contribution in [3.63, 3.8) is 0 Å². The lowest BCUT2D eigenvalue weighted by molar-refractivity contribution is -0.111. The number of fused-ring (bicyclic) bond motifs is 2. The topological polar surface area (TPSA) is 29.1 Å².